The Kier molecular flexibility index (Phi) is 4.29. The van der Waals surface area contributed by atoms with Crippen LogP contribution in [0.5, 0.6) is 5.75 Å². The first-order valence-corrected chi connectivity index (χ1v) is 4.73. The first-order valence-electron chi connectivity index (χ1n) is 4.73. The molecule has 0 unspecified atom stereocenters. The summed E-state index contributed by atoms with van der Waals surface area (Å²) in [5.41, 5.74) is 0.525. The minimum absolute atomic E-state index is 0.0917. The van der Waals surface area contributed by atoms with Gasteiger partial charge in [-0.3, -0.25) is 4.79 Å². The number of hydrogen-bond donors (Lipinski definition) is 2. The lowest BCUT2D eigenvalue weighted by molar-refractivity contribution is -0.116. The summed E-state index contributed by atoms with van der Waals surface area (Å²) in [7, 11) is 0. The van der Waals surface area contributed by atoms with Gasteiger partial charge < -0.3 is 10.4 Å². The summed E-state index contributed by atoms with van der Waals surface area (Å²) in [5, 5.41) is 28.4. The quantitative estimate of drug-likeness (QED) is 0.456. The van der Waals surface area contributed by atoms with Crippen molar-refractivity contribution in [3.8, 4) is 17.9 Å². The third-order valence-electron chi connectivity index (χ3n) is 1.90. The molecule has 1 aromatic carbocycles. The van der Waals surface area contributed by atoms with Crippen molar-refractivity contribution in [1.82, 2.24) is 5.32 Å². The summed E-state index contributed by atoms with van der Waals surface area (Å²) in [6, 6.07) is 9.55. The van der Waals surface area contributed by atoms with E-state index in [9.17, 15) is 4.79 Å². The van der Waals surface area contributed by atoms with E-state index in [1.165, 1.54) is 18.2 Å². The van der Waals surface area contributed by atoms with Crippen molar-refractivity contribution in [3.63, 3.8) is 0 Å². The number of amides is 1. The summed E-state index contributed by atoms with van der Waals surface area (Å²) >= 11 is 0. The summed E-state index contributed by atoms with van der Waals surface area (Å²) in [6.45, 7) is -0.145. The van der Waals surface area contributed by atoms with Crippen molar-refractivity contribution in [2.45, 2.75) is 0 Å². The number of nitrogens with zero attached hydrogens (tertiary/aromatic N) is 2. The lowest BCUT2D eigenvalue weighted by Crippen LogP contribution is -2.24. The smallest absolute Gasteiger partial charge is 0.262 e. The Morgan fingerprint density at radius 1 is 1.35 bits per heavy atom. The Morgan fingerprint density at radius 3 is 2.53 bits per heavy atom. The topological polar surface area (TPSA) is 96.9 Å². The van der Waals surface area contributed by atoms with E-state index in [1.54, 1.807) is 24.3 Å². The van der Waals surface area contributed by atoms with Crippen LogP contribution in [-0.2, 0) is 4.79 Å². The number of carbonyl (C=O) groups is 1. The molecule has 0 radical (unpaired) electrons. The predicted octanol–water partition coefficient (Wildman–Crippen LogP) is 0.939. The van der Waals surface area contributed by atoms with Gasteiger partial charge in [0, 0.05) is 0 Å². The molecule has 0 spiro atoms. The van der Waals surface area contributed by atoms with Crippen LogP contribution < -0.4 is 5.32 Å². The van der Waals surface area contributed by atoms with Crippen molar-refractivity contribution < 1.29 is 9.90 Å². The molecule has 1 aromatic rings. The second-order valence-corrected chi connectivity index (χ2v) is 3.10. The summed E-state index contributed by atoms with van der Waals surface area (Å²) < 4.78 is 0. The second kappa shape index (κ2) is 5.94. The highest BCUT2D eigenvalue weighted by atomic mass is 16.3. The minimum atomic E-state index is -0.595. The molecular formula is C12H9N3O2. The van der Waals surface area contributed by atoms with Gasteiger partial charge in [0.2, 0.25) is 0 Å². The molecule has 0 saturated heterocycles. The molecule has 1 rings (SSSR count). The Bertz CT molecular complexity index is 518. The number of rotatable bonds is 3. The van der Waals surface area contributed by atoms with Crippen LogP contribution in [0, 0.1) is 22.7 Å². The number of carbonyl (C=O) groups excluding carboxylic acids is 1. The zero-order valence-corrected chi connectivity index (χ0v) is 8.84. The lowest BCUT2D eigenvalue weighted by atomic mass is 10.1. The Balaban J connectivity index is 2.88. The number of benzene rings is 1. The van der Waals surface area contributed by atoms with Crippen LogP contribution in [0.1, 0.15) is 5.56 Å². The van der Waals surface area contributed by atoms with Gasteiger partial charge in [-0.15, -0.1) is 0 Å². The number of nitriles is 2. The fourth-order valence-corrected chi connectivity index (χ4v) is 1.10. The summed E-state index contributed by atoms with van der Waals surface area (Å²) in [6.07, 6.45) is 1.38. The van der Waals surface area contributed by atoms with Gasteiger partial charge in [-0.2, -0.15) is 10.5 Å². The van der Waals surface area contributed by atoms with Crippen molar-refractivity contribution in [3.05, 3.63) is 35.4 Å². The van der Waals surface area contributed by atoms with Crippen LogP contribution in [0.3, 0.4) is 0 Å². The number of aromatic hydroxyl groups is 1. The SMILES string of the molecule is N#CCNC(=O)/C(C#N)=C/c1ccc(O)cc1. The molecule has 5 heteroatoms. The van der Waals surface area contributed by atoms with E-state index in [1.807, 2.05) is 0 Å². The molecule has 0 aliphatic carbocycles. The van der Waals surface area contributed by atoms with Crippen LogP contribution >= 0.6 is 0 Å². The molecule has 5 nitrogen and oxygen atoms in total. The van der Waals surface area contributed by atoms with E-state index in [4.69, 9.17) is 15.6 Å². The maximum atomic E-state index is 11.4. The maximum absolute atomic E-state index is 11.4. The first kappa shape index (κ1) is 12.3. The molecule has 0 atom stereocenters. The Morgan fingerprint density at radius 2 is 2.00 bits per heavy atom. The molecule has 1 amide bonds. The normalized spacial score (nSPS) is 10.1. The van der Waals surface area contributed by atoms with Crippen molar-refractivity contribution in [2.75, 3.05) is 6.54 Å². The average Bonchev–Trinajstić information content (AvgIpc) is 2.35. The van der Waals surface area contributed by atoms with Gasteiger partial charge >= 0.3 is 0 Å². The van der Waals surface area contributed by atoms with Crippen LogP contribution in [-0.4, -0.2) is 17.6 Å². The molecular weight excluding hydrogens is 218 g/mol. The van der Waals surface area contributed by atoms with Gasteiger partial charge in [-0.1, -0.05) is 12.1 Å². The monoisotopic (exact) mass is 227 g/mol. The molecule has 17 heavy (non-hydrogen) atoms. The van der Waals surface area contributed by atoms with Gasteiger partial charge in [-0.05, 0) is 23.8 Å². The zero-order chi connectivity index (χ0) is 12.7. The molecule has 0 heterocycles. The fourth-order valence-electron chi connectivity index (χ4n) is 1.10. The van der Waals surface area contributed by atoms with Crippen LogP contribution in [0.15, 0.2) is 29.8 Å². The standard InChI is InChI=1S/C12H9N3O2/c13-5-6-15-12(17)10(8-14)7-9-1-3-11(16)4-2-9/h1-4,7,16H,6H2,(H,15,17)/b10-7+. The van der Waals surface area contributed by atoms with E-state index in [0.717, 1.165) is 0 Å². The molecule has 84 valence electrons. The van der Waals surface area contributed by atoms with E-state index in [-0.39, 0.29) is 17.9 Å². The maximum Gasteiger partial charge on any atom is 0.262 e. The molecule has 0 aromatic heterocycles. The average molecular weight is 227 g/mol. The highest BCUT2D eigenvalue weighted by Gasteiger charge is 2.07. The van der Waals surface area contributed by atoms with E-state index < -0.39 is 5.91 Å². The van der Waals surface area contributed by atoms with Gasteiger partial charge in [0.15, 0.2) is 0 Å². The highest BCUT2D eigenvalue weighted by molar-refractivity contribution is 6.01. The van der Waals surface area contributed by atoms with Gasteiger partial charge in [-0.25, -0.2) is 0 Å². The molecule has 0 saturated carbocycles. The number of hydrogen-bond acceptors (Lipinski definition) is 4. The minimum Gasteiger partial charge on any atom is -0.508 e. The second-order valence-electron chi connectivity index (χ2n) is 3.10. The van der Waals surface area contributed by atoms with Gasteiger partial charge in [0.05, 0.1) is 6.07 Å². The predicted molar refractivity (Wildman–Crippen MR) is 60.3 cm³/mol. The van der Waals surface area contributed by atoms with E-state index >= 15 is 0 Å². The number of phenols is 1. The molecule has 2 N–H and O–H groups in total. The molecule has 0 aliphatic heterocycles. The third-order valence-corrected chi connectivity index (χ3v) is 1.90. The van der Waals surface area contributed by atoms with Crippen molar-refractivity contribution in [1.29, 1.82) is 10.5 Å². The lowest BCUT2D eigenvalue weighted by Gasteiger charge is -1.99. The van der Waals surface area contributed by atoms with Crippen LogP contribution in [0.2, 0.25) is 0 Å². The number of phenolic OH excluding ortho intramolecular Hbond substituents is 1. The summed E-state index contributed by atoms with van der Waals surface area (Å²) in [4.78, 5) is 11.4. The Labute approximate surface area is 98.2 Å². The van der Waals surface area contributed by atoms with E-state index in [0.29, 0.717) is 5.56 Å². The number of nitrogens with one attached hydrogen (secondary N) is 1. The largest absolute Gasteiger partial charge is 0.508 e. The third kappa shape index (κ3) is 3.69. The first-order chi connectivity index (χ1) is 8.17. The zero-order valence-electron chi connectivity index (χ0n) is 8.84. The van der Waals surface area contributed by atoms with Crippen molar-refractivity contribution >= 4 is 12.0 Å². The molecule has 0 bridgehead atoms. The van der Waals surface area contributed by atoms with Crippen LogP contribution in [0.25, 0.3) is 6.08 Å². The van der Waals surface area contributed by atoms with Crippen molar-refractivity contribution in [2.24, 2.45) is 0 Å². The molecule has 0 aliphatic rings. The van der Waals surface area contributed by atoms with Crippen LogP contribution in [0.4, 0.5) is 0 Å². The highest BCUT2D eigenvalue weighted by Crippen LogP contribution is 2.12. The Hall–Kier alpha value is -2.79. The van der Waals surface area contributed by atoms with Gasteiger partial charge in [0.1, 0.15) is 23.9 Å². The summed E-state index contributed by atoms with van der Waals surface area (Å²) in [5.74, 6) is -0.489. The molecule has 0 fully saturated rings. The van der Waals surface area contributed by atoms with E-state index in [2.05, 4.69) is 5.32 Å². The van der Waals surface area contributed by atoms with Gasteiger partial charge in [0.25, 0.3) is 5.91 Å². The fraction of sp³-hybridized carbons (Fsp3) is 0.0833.